The number of likely N-dealkylation sites (tertiary alicyclic amines) is 1. The molecular formula is C13H26N2. The smallest absolute Gasteiger partial charge is 0.0104 e. The first-order chi connectivity index (χ1) is 7.40. The van der Waals surface area contributed by atoms with Crippen LogP contribution in [0.2, 0.25) is 0 Å². The maximum atomic E-state index is 3.49. The predicted octanol–water partition coefficient (Wildman–Crippen LogP) is 2.25. The minimum absolute atomic E-state index is 0.799. The van der Waals surface area contributed by atoms with Gasteiger partial charge in [-0.25, -0.2) is 0 Å². The fraction of sp³-hybridized carbons (Fsp3) is 1.00. The van der Waals surface area contributed by atoms with Gasteiger partial charge >= 0.3 is 0 Å². The number of nitrogens with zero attached hydrogens (tertiary/aromatic N) is 1. The van der Waals surface area contributed by atoms with Gasteiger partial charge in [0.05, 0.1) is 0 Å². The molecule has 1 heterocycles. The van der Waals surface area contributed by atoms with Crippen LogP contribution in [0, 0.1) is 5.92 Å². The van der Waals surface area contributed by atoms with Gasteiger partial charge in [0.25, 0.3) is 0 Å². The van der Waals surface area contributed by atoms with Crippen LogP contribution in [0.25, 0.3) is 0 Å². The third kappa shape index (κ3) is 3.18. The number of rotatable bonds is 3. The van der Waals surface area contributed by atoms with Crippen molar-refractivity contribution in [3.8, 4) is 0 Å². The van der Waals surface area contributed by atoms with Crippen LogP contribution in [0.3, 0.4) is 0 Å². The van der Waals surface area contributed by atoms with Crippen molar-refractivity contribution in [3.63, 3.8) is 0 Å². The minimum atomic E-state index is 0.799. The van der Waals surface area contributed by atoms with E-state index in [1.54, 1.807) is 0 Å². The lowest BCUT2D eigenvalue weighted by molar-refractivity contribution is 0.223. The molecule has 1 saturated carbocycles. The summed E-state index contributed by atoms with van der Waals surface area (Å²) >= 11 is 0. The molecule has 0 aromatic heterocycles. The predicted molar refractivity (Wildman–Crippen MR) is 65.1 cm³/mol. The molecule has 1 N–H and O–H groups in total. The monoisotopic (exact) mass is 210 g/mol. The fourth-order valence-corrected chi connectivity index (χ4v) is 3.29. The van der Waals surface area contributed by atoms with Gasteiger partial charge in [0.15, 0.2) is 0 Å². The zero-order chi connectivity index (χ0) is 10.5. The molecule has 0 amide bonds. The van der Waals surface area contributed by atoms with E-state index in [0.29, 0.717) is 0 Å². The summed E-state index contributed by atoms with van der Waals surface area (Å²) in [5, 5.41) is 3.49. The lowest BCUT2D eigenvalue weighted by Crippen LogP contribution is -2.38. The number of hydrogen-bond donors (Lipinski definition) is 1. The van der Waals surface area contributed by atoms with Crippen LogP contribution in [-0.2, 0) is 0 Å². The highest BCUT2D eigenvalue weighted by molar-refractivity contribution is 4.84. The third-order valence-corrected chi connectivity index (χ3v) is 4.22. The Bertz CT molecular complexity index is 173. The van der Waals surface area contributed by atoms with E-state index in [-0.39, 0.29) is 0 Å². The van der Waals surface area contributed by atoms with Crippen LogP contribution in [0.5, 0.6) is 0 Å². The summed E-state index contributed by atoms with van der Waals surface area (Å²) in [6.07, 6.45) is 10.0. The fourth-order valence-electron chi connectivity index (χ4n) is 3.29. The first-order valence-corrected chi connectivity index (χ1v) is 6.80. The van der Waals surface area contributed by atoms with E-state index in [0.717, 1.165) is 12.0 Å². The second-order valence-corrected chi connectivity index (χ2v) is 5.30. The summed E-state index contributed by atoms with van der Waals surface area (Å²) < 4.78 is 0. The van der Waals surface area contributed by atoms with Crippen LogP contribution in [0.4, 0.5) is 0 Å². The molecule has 2 rings (SSSR count). The van der Waals surface area contributed by atoms with E-state index in [9.17, 15) is 0 Å². The van der Waals surface area contributed by atoms with Crippen LogP contribution in [-0.4, -0.2) is 37.6 Å². The Morgan fingerprint density at radius 3 is 2.40 bits per heavy atom. The second-order valence-electron chi connectivity index (χ2n) is 5.30. The van der Waals surface area contributed by atoms with E-state index in [1.165, 1.54) is 64.6 Å². The SMILES string of the molecule is CNC1CCCC1CN1CCCCCC1. The first kappa shape index (κ1) is 11.4. The second kappa shape index (κ2) is 5.86. The summed E-state index contributed by atoms with van der Waals surface area (Å²) in [5.74, 6) is 0.924. The van der Waals surface area contributed by atoms with Gasteiger partial charge in [-0.2, -0.15) is 0 Å². The molecule has 0 aromatic rings. The topological polar surface area (TPSA) is 15.3 Å². The van der Waals surface area contributed by atoms with Gasteiger partial charge < -0.3 is 10.2 Å². The Hall–Kier alpha value is -0.0800. The standard InChI is InChI=1S/C13H26N2/c1-14-13-8-6-7-12(13)11-15-9-4-2-3-5-10-15/h12-14H,2-11H2,1H3. The zero-order valence-electron chi connectivity index (χ0n) is 10.2. The van der Waals surface area contributed by atoms with Crippen molar-refractivity contribution in [1.82, 2.24) is 10.2 Å². The summed E-state index contributed by atoms with van der Waals surface area (Å²) in [5.41, 5.74) is 0. The van der Waals surface area contributed by atoms with Gasteiger partial charge in [0.2, 0.25) is 0 Å². The molecule has 2 unspecified atom stereocenters. The molecule has 1 saturated heterocycles. The maximum absolute atomic E-state index is 3.49. The molecule has 1 aliphatic carbocycles. The van der Waals surface area contributed by atoms with Gasteiger partial charge in [-0.3, -0.25) is 0 Å². The molecule has 2 atom stereocenters. The van der Waals surface area contributed by atoms with E-state index in [2.05, 4.69) is 17.3 Å². The van der Waals surface area contributed by atoms with Crippen LogP contribution in [0.15, 0.2) is 0 Å². The average Bonchev–Trinajstić information content (AvgIpc) is 2.53. The lowest BCUT2D eigenvalue weighted by Gasteiger charge is -2.27. The summed E-state index contributed by atoms with van der Waals surface area (Å²) in [7, 11) is 2.13. The van der Waals surface area contributed by atoms with Gasteiger partial charge in [0.1, 0.15) is 0 Å². The van der Waals surface area contributed by atoms with Crippen LogP contribution in [0.1, 0.15) is 44.9 Å². The van der Waals surface area contributed by atoms with Gasteiger partial charge in [0, 0.05) is 12.6 Å². The Morgan fingerprint density at radius 1 is 1.00 bits per heavy atom. The van der Waals surface area contributed by atoms with Gasteiger partial charge in [-0.05, 0) is 51.7 Å². The highest BCUT2D eigenvalue weighted by atomic mass is 15.1. The molecule has 2 nitrogen and oxygen atoms in total. The van der Waals surface area contributed by atoms with E-state index < -0.39 is 0 Å². The highest BCUT2D eigenvalue weighted by Gasteiger charge is 2.27. The Kier molecular flexibility index (Phi) is 4.45. The van der Waals surface area contributed by atoms with Crippen LogP contribution >= 0.6 is 0 Å². The number of hydrogen-bond acceptors (Lipinski definition) is 2. The molecular weight excluding hydrogens is 184 g/mol. The molecule has 0 bridgehead atoms. The summed E-state index contributed by atoms with van der Waals surface area (Å²) in [6.45, 7) is 4.06. The van der Waals surface area contributed by atoms with Gasteiger partial charge in [-0.1, -0.05) is 19.3 Å². The van der Waals surface area contributed by atoms with Crippen LogP contribution < -0.4 is 5.32 Å². The molecule has 1 aliphatic heterocycles. The Morgan fingerprint density at radius 2 is 1.73 bits per heavy atom. The van der Waals surface area contributed by atoms with Gasteiger partial charge in [-0.15, -0.1) is 0 Å². The van der Waals surface area contributed by atoms with Crippen molar-refractivity contribution in [2.24, 2.45) is 5.92 Å². The van der Waals surface area contributed by atoms with Crippen molar-refractivity contribution < 1.29 is 0 Å². The molecule has 2 fully saturated rings. The molecule has 0 spiro atoms. The largest absolute Gasteiger partial charge is 0.317 e. The molecule has 0 aromatic carbocycles. The first-order valence-electron chi connectivity index (χ1n) is 6.80. The summed E-state index contributed by atoms with van der Waals surface area (Å²) in [6, 6.07) is 0.799. The zero-order valence-corrected chi connectivity index (χ0v) is 10.2. The summed E-state index contributed by atoms with van der Waals surface area (Å²) in [4.78, 5) is 2.72. The van der Waals surface area contributed by atoms with Crippen molar-refractivity contribution in [3.05, 3.63) is 0 Å². The molecule has 15 heavy (non-hydrogen) atoms. The highest BCUT2D eigenvalue weighted by Crippen LogP contribution is 2.26. The van der Waals surface area contributed by atoms with Crippen molar-refractivity contribution in [2.75, 3.05) is 26.7 Å². The van der Waals surface area contributed by atoms with Crippen molar-refractivity contribution in [1.29, 1.82) is 0 Å². The van der Waals surface area contributed by atoms with E-state index in [4.69, 9.17) is 0 Å². The lowest BCUT2D eigenvalue weighted by atomic mass is 10.0. The maximum Gasteiger partial charge on any atom is 0.0104 e. The minimum Gasteiger partial charge on any atom is -0.317 e. The molecule has 0 radical (unpaired) electrons. The quantitative estimate of drug-likeness (QED) is 0.768. The number of nitrogens with one attached hydrogen (secondary N) is 1. The molecule has 2 aliphatic rings. The van der Waals surface area contributed by atoms with Crippen molar-refractivity contribution in [2.45, 2.75) is 51.0 Å². The molecule has 88 valence electrons. The Labute approximate surface area is 94.4 Å². The normalized spacial score (nSPS) is 34.2. The Balaban J connectivity index is 1.78. The third-order valence-electron chi connectivity index (χ3n) is 4.22. The average molecular weight is 210 g/mol. The molecule has 2 heteroatoms. The van der Waals surface area contributed by atoms with E-state index in [1.807, 2.05) is 0 Å². The van der Waals surface area contributed by atoms with Crippen molar-refractivity contribution >= 4 is 0 Å². The van der Waals surface area contributed by atoms with E-state index >= 15 is 0 Å².